The van der Waals surface area contributed by atoms with Gasteiger partial charge in [-0.2, -0.15) is 4.31 Å². The molecule has 1 heterocycles. The van der Waals surface area contributed by atoms with Crippen LogP contribution >= 0.6 is 0 Å². The zero-order chi connectivity index (χ0) is 19.2. The average molecular weight is 382 g/mol. The van der Waals surface area contributed by atoms with Gasteiger partial charge in [-0.25, -0.2) is 8.42 Å². The Hall–Kier alpha value is -1.60. The van der Waals surface area contributed by atoms with E-state index in [0.717, 1.165) is 31.6 Å². The van der Waals surface area contributed by atoms with Gasteiger partial charge in [-0.15, -0.1) is 0 Å². The fraction of sp³-hybridized carbons (Fsp3) is 0.632. The summed E-state index contributed by atoms with van der Waals surface area (Å²) >= 11 is 0. The van der Waals surface area contributed by atoms with Gasteiger partial charge in [0.15, 0.2) is 0 Å². The Balaban J connectivity index is 2.04. The molecular weight excluding hydrogens is 350 g/mol. The highest BCUT2D eigenvalue weighted by molar-refractivity contribution is 7.89. The Morgan fingerprint density at radius 1 is 1.19 bits per heavy atom. The quantitative estimate of drug-likeness (QED) is 0.714. The molecular formula is C19H31N3O3S. The second-order valence-electron chi connectivity index (χ2n) is 6.65. The first-order valence-corrected chi connectivity index (χ1v) is 11.2. The zero-order valence-electron chi connectivity index (χ0n) is 16.1. The van der Waals surface area contributed by atoms with Crippen molar-refractivity contribution in [2.45, 2.75) is 52.5 Å². The molecule has 0 saturated carbocycles. The molecule has 2 rings (SSSR count). The monoisotopic (exact) mass is 381 g/mol. The minimum absolute atomic E-state index is 0.117. The maximum atomic E-state index is 12.6. The van der Waals surface area contributed by atoms with E-state index < -0.39 is 16.1 Å². The highest BCUT2D eigenvalue weighted by atomic mass is 32.2. The fourth-order valence-corrected chi connectivity index (χ4v) is 5.23. The van der Waals surface area contributed by atoms with Crippen LogP contribution in [0.2, 0.25) is 0 Å². The first-order valence-electron chi connectivity index (χ1n) is 9.58. The van der Waals surface area contributed by atoms with E-state index >= 15 is 0 Å². The lowest BCUT2D eigenvalue weighted by Crippen LogP contribution is -2.44. The van der Waals surface area contributed by atoms with Gasteiger partial charge in [0.2, 0.25) is 15.9 Å². The third kappa shape index (κ3) is 4.98. The second-order valence-corrected chi connectivity index (χ2v) is 8.69. The van der Waals surface area contributed by atoms with Gasteiger partial charge < -0.3 is 10.2 Å². The second kappa shape index (κ2) is 9.37. The van der Waals surface area contributed by atoms with E-state index in [-0.39, 0.29) is 11.7 Å². The van der Waals surface area contributed by atoms with Crippen LogP contribution in [-0.4, -0.2) is 50.1 Å². The van der Waals surface area contributed by atoms with E-state index in [9.17, 15) is 13.2 Å². The molecule has 0 aliphatic carbocycles. The van der Waals surface area contributed by atoms with Gasteiger partial charge in [-0.05, 0) is 57.4 Å². The minimum atomic E-state index is -3.37. The standard InChI is InChI=1S/C19H31N3O3S/c1-4-7-15-26(24,25)22-14-8-9-18(22)19(23)20-16-10-12-17(13-11-16)21(5-2)6-3/h10-13,18H,4-9,14-15H2,1-3H3,(H,20,23). The van der Waals surface area contributed by atoms with Gasteiger partial charge in [0.25, 0.3) is 0 Å². The van der Waals surface area contributed by atoms with Crippen LogP contribution in [0.25, 0.3) is 0 Å². The molecule has 1 saturated heterocycles. The molecule has 1 aliphatic rings. The molecule has 0 spiro atoms. The molecule has 1 aliphatic heterocycles. The van der Waals surface area contributed by atoms with Crippen LogP contribution in [0.15, 0.2) is 24.3 Å². The molecule has 1 aromatic rings. The highest BCUT2D eigenvalue weighted by Crippen LogP contribution is 2.24. The topological polar surface area (TPSA) is 69.7 Å². The normalized spacial score (nSPS) is 18.0. The number of rotatable bonds is 9. The van der Waals surface area contributed by atoms with Crippen molar-refractivity contribution in [1.29, 1.82) is 0 Å². The van der Waals surface area contributed by atoms with Crippen LogP contribution in [0.5, 0.6) is 0 Å². The van der Waals surface area contributed by atoms with Crippen molar-refractivity contribution in [1.82, 2.24) is 4.31 Å². The maximum absolute atomic E-state index is 12.6. The number of nitrogens with one attached hydrogen (secondary N) is 1. The van der Waals surface area contributed by atoms with Crippen molar-refractivity contribution in [2.24, 2.45) is 0 Å². The summed E-state index contributed by atoms with van der Waals surface area (Å²) in [7, 11) is -3.37. The number of carbonyl (C=O) groups is 1. The number of sulfonamides is 1. The van der Waals surface area contributed by atoms with E-state index in [1.54, 1.807) is 0 Å². The maximum Gasteiger partial charge on any atom is 0.242 e. The molecule has 1 N–H and O–H groups in total. The summed E-state index contributed by atoms with van der Waals surface area (Å²) in [4.78, 5) is 14.9. The largest absolute Gasteiger partial charge is 0.372 e. The van der Waals surface area contributed by atoms with E-state index in [0.29, 0.717) is 25.1 Å². The van der Waals surface area contributed by atoms with E-state index in [4.69, 9.17) is 0 Å². The molecule has 1 fully saturated rings. The summed E-state index contributed by atoms with van der Waals surface area (Å²) in [5.74, 6) is -0.121. The average Bonchev–Trinajstić information content (AvgIpc) is 3.13. The summed E-state index contributed by atoms with van der Waals surface area (Å²) in [6, 6.07) is 7.10. The molecule has 6 nitrogen and oxygen atoms in total. The molecule has 0 radical (unpaired) electrons. The summed E-state index contributed by atoms with van der Waals surface area (Å²) in [6.07, 6.45) is 2.75. The van der Waals surface area contributed by atoms with Gasteiger partial charge in [0.1, 0.15) is 6.04 Å². The van der Waals surface area contributed by atoms with E-state index in [2.05, 4.69) is 24.1 Å². The lowest BCUT2D eigenvalue weighted by Gasteiger charge is -2.24. The third-order valence-corrected chi connectivity index (χ3v) is 6.84. The predicted octanol–water partition coefficient (Wildman–Crippen LogP) is 3.07. The molecule has 0 bridgehead atoms. The van der Waals surface area contributed by atoms with Gasteiger partial charge >= 0.3 is 0 Å². The Labute approximate surface area is 157 Å². The number of amides is 1. The van der Waals surface area contributed by atoms with Crippen LogP contribution < -0.4 is 10.2 Å². The number of benzene rings is 1. The smallest absolute Gasteiger partial charge is 0.242 e. The first-order chi connectivity index (χ1) is 12.4. The van der Waals surface area contributed by atoms with Crippen molar-refractivity contribution in [3.63, 3.8) is 0 Å². The SMILES string of the molecule is CCCCS(=O)(=O)N1CCCC1C(=O)Nc1ccc(N(CC)CC)cc1. The first kappa shape index (κ1) is 20.7. The number of nitrogens with zero attached hydrogens (tertiary/aromatic N) is 2. The number of unbranched alkanes of at least 4 members (excludes halogenated alkanes) is 1. The molecule has 1 atom stereocenters. The number of carbonyl (C=O) groups excluding carboxylic acids is 1. The molecule has 7 heteroatoms. The van der Waals surface area contributed by atoms with Crippen LogP contribution in [-0.2, 0) is 14.8 Å². The summed E-state index contributed by atoms with van der Waals surface area (Å²) in [5.41, 5.74) is 1.81. The van der Waals surface area contributed by atoms with Gasteiger partial charge in [0.05, 0.1) is 5.75 Å². The lowest BCUT2D eigenvalue weighted by molar-refractivity contribution is -0.119. The minimum Gasteiger partial charge on any atom is -0.372 e. The van der Waals surface area contributed by atoms with Gasteiger partial charge in [0, 0.05) is 31.0 Å². The molecule has 146 valence electrons. The molecule has 1 aromatic carbocycles. The van der Waals surface area contributed by atoms with Gasteiger partial charge in [-0.3, -0.25) is 4.79 Å². The van der Waals surface area contributed by atoms with Crippen molar-refractivity contribution >= 4 is 27.3 Å². The molecule has 1 amide bonds. The summed E-state index contributed by atoms with van der Waals surface area (Å²) < 4.78 is 26.4. The summed E-state index contributed by atoms with van der Waals surface area (Å²) in [5, 5.41) is 2.88. The molecule has 1 unspecified atom stereocenters. The molecule has 26 heavy (non-hydrogen) atoms. The van der Waals surface area contributed by atoms with Gasteiger partial charge in [-0.1, -0.05) is 13.3 Å². The van der Waals surface area contributed by atoms with E-state index in [1.807, 2.05) is 31.2 Å². The Bertz CT molecular complexity index is 684. The van der Waals surface area contributed by atoms with Crippen LogP contribution in [0.3, 0.4) is 0 Å². The van der Waals surface area contributed by atoms with Crippen molar-refractivity contribution in [2.75, 3.05) is 35.6 Å². The van der Waals surface area contributed by atoms with Crippen LogP contribution in [0.4, 0.5) is 11.4 Å². The van der Waals surface area contributed by atoms with Crippen molar-refractivity contribution in [3.05, 3.63) is 24.3 Å². The third-order valence-electron chi connectivity index (χ3n) is 4.88. The Morgan fingerprint density at radius 3 is 2.42 bits per heavy atom. The number of anilines is 2. The predicted molar refractivity (Wildman–Crippen MR) is 107 cm³/mol. The highest BCUT2D eigenvalue weighted by Gasteiger charge is 2.38. The fourth-order valence-electron chi connectivity index (χ4n) is 3.35. The Morgan fingerprint density at radius 2 is 1.85 bits per heavy atom. The van der Waals surface area contributed by atoms with Crippen LogP contribution in [0.1, 0.15) is 46.5 Å². The van der Waals surface area contributed by atoms with Crippen molar-refractivity contribution < 1.29 is 13.2 Å². The Kier molecular flexibility index (Phi) is 7.46. The lowest BCUT2D eigenvalue weighted by atomic mass is 10.2. The van der Waals surface area contributed by atoms with Crippen molar-refractivity contribution in [3.8, 4) is 0 Å². The molecule has 0 aromatic heterocycles. The zero-order valence-corrected chi connectivity index (χ0v) is 16.9. The number of hydrogen-bond donors (Lipinski definition) is 1. The van der Waals surface area contributed by atoms with Crippen LogP contribution in [0, 0.1) is 0 Å². The summed E-state index contributed by atoms with van der Waals surface area (Å²) in [6.45, 7) is 8.46. The van der Waals surface area contributed by atoms with E-state index in [1.165, 1.54) is 4.31 Å². The number of hydrogen-bond acceptors (Lipinski definition) is 4.